The summed E-state index contributed by atoms with van der Waals surface area (Å²) in [5.74, 6) is 0.143. The molecule has 2 aromatic rings. The third-order valence-corrected chi connectivity index (χ3v) is 5.50. The van der Waals surface area contributed by atoms with Crippen molar-refractivity contribution in [3.63, 3.8) is 0 Å². The third-order valence-electron chi connectivity index (χ3n) is 3.35. The van der Waals surface area contributed by atoms with Crippen LogP contribution in [0.1, 0.15) is 26.3 Å². The minimum Gasteiger partial charge on any atom is -0.379 e. The molecule has 0 radical (unpaired) electrons. The Morgan fingerprint density at radius 3 is 1.92 bits per heavy atom. The summed E-state index contributed by atoms with van der Waals surface area (Å²) >= 11 is 0. The average molecular weight is 369 g/mol. The molecule has 0 aliphatic heterocycles. The Labute approximate surface area is 142 Å². The summed E-state index contributed by atoms with van der Waals surface area (Å²) in [5, 5.41) is 5.02. The zero-order valence-corrected chi connectivity index (χ0v) is 15.2. The second-order valence-corrected chi connectivity index (χ2v) is 9.44. The molecule has 0 aliphatic carbocycles. The van der Waals surface area contributed by atoms with Gasteiger partial charge in [-0.15, -0.1) is 0 Å². The maximum absolute atomic E-state index is 12.3. The van der Waals surface area contributed by atoms with E-state index in [2.05, 4.69) is 0 Å². The number of rotatable bonds is 4. The third kappa shape index (κ3) is 4.34. The van der Waals surface area contributed by atoms with Crippen molar-refractivity contribution in [2.45, 2.75) is 36.0 Å². The van der Waals surface area contributed by atoms with Gasteiger partial charge in [-0.25, -0.2) is 13.6 Å². The Morgan fingerprint density at radius 1 is 0.875 bits per heavy atom. The first-order valence-corrected chi connectivity index (χ1v) is 10.0. The van der Waals surface area contributed by atoms with E-state index in [4.69, 9.17) is 9.32 Å². The van der Waals surface area contributed by atoms with E-state index in [-0.39, 0.29) is 21.0 Å². The molecule has 0 fully saturated rings. The number of primary sulfonamides is 1. The number of nitrogens with two attached hydrogens (primary N) is 1. The van der Waals surface area contributed by atoms with Gasteiger partial charge in [0.05, 0.1) is 4.90 Å². The summed E-state index contributed by atoms with van der Waals surface area (Å²) in [4.78, 5) is -0.579. The van der Waals surface area contributed by atoms with Crippen molar-refractivity contribution in [3.8, 4) is 5.75 Å². The van der Waals surface area contributed by atoms with Crippen LogP contribution in [0.2, 0.25) is 0 Å². The lowest BCUT2D eigenvalue weighted by molar-refractivity contribution is 0.485. The highest BCUT2D eigenvalue weighted by atomic mass is 32.2. The van der Waals surface area contributed by atoms with E-state index in [1.54, 1.807) is 24.3 Å². The molecule has 0 unspecified atom stereocenters. The monoisotopic (exact) mass is 369 g/mol. The van der Waals surface area contributed by atoms with Crippen LogP contribution in [-0.4, -0.2) is 16.8 Å². The molecular weight excluding hydrogens is 350 g/mol. The van der Waals surface area contributed by atoms with E-state index in [0.717, 1.165) is 11.6 Å². The first kappa shape index (κ1) is 18.4. The molecular formula is C16H19NO5S2. The minimum absolute atomic E-state index is 0.0682. The van der Waals surface area contributed by atoms with Gasteiger partial charge in [-0.1, -0.05) is 39.0 Å². The van der Waals surface area contributed by atoms with Gasteiger partial charge in [0.2, 0.25) is 10.0 Å². The number of hydrogen-bond acceptors (Lipinski definition) is 5. The molecule has 2 N–H and O–H groups in total. The van der Waals surface area contributed by atoms with Gasteiger partial charge in [0.25, 0.3) is 0 Å². The van der Waals surface area contributed by atoms with Gasteiger partial charge in [0.15, 0.2) is 0 Å². The molecule has 0 aromatic heterocycles. The van der Waals surface area contributed by atoms with Crippen molar-refractivity contribution in [1.29, 1.82) is 0 Å². The van der Waals surface area contributed by atoms with Gasteiger partial charge in [-0.3, -0.25) is 0 Å². The fourth-order valence-corrected chi connectivity index (χ4v) is 3.60. The van der Waals surface area contributed by atoms with Crippen molar-refractivity contribution in [1.82, 2.24) is 0 Å². The van der Waals surface area contributed by atoms with Crippen LogP contribution in [0.4, 0.5) is 0 Å². The van der Waals surface area contributed by atoms with Crippen molar-refractivity contribution < 1.29 is 21.0 Å². The number of hydrogen-bond donors (Lipinski definition) is 1. The summed E-state index contributed by atoms with van der Waals surface area (Å²) in [5.41, 5.74) is 0.963. The zero-order chi connectivity index (χ0) is 18.2. The van der Waals surface area contributed by atoms with Gasteiger partial charge >= 0.3 is 10.1 Å². The number of sulfonamides is 1. The fourth-order valence-electron chi connectivity index (χ4n) is 1.99. The summed E-state index contributed by atoms with van der Waals surface area (Å²) in [7, 11) is -8.16. The summed E-state index contributed by atoms with van der Waals surface area (Å²) in [6.45, 7) is 6.12. The molecule has 24 heavy (non-hydrogen) atoms. The lowest BCUT2D eigenvalue weighted by Crippen LogP contribution is -2.15. The molecule has 0 atom stereocenters. The standard InChI is InChI=1S/C16H19NO5S2/c1-16(2,3)12-7-9-13(10-8-12)22-24(20,21)15-6-4-5-14(11-15)23(17,18)19/h4-11H,1-3H3,(H2,17,18,19). The molecule has 2 aromatic carbocycles. The molecule has 0 aliphatic rings. The maximum Gasteiger partial charge on any atom is 0.339 e. The molecule has 2 rings (SSSR count). The molecule has 130 valence electrons. The molecule has 0 bridgehead atoms. The highest BCUT2D eigenvalue weighted by Crippen LogP contribution is 2.26. The van der Waals surface area contributed by atoms with Crippen LogP contribution in [0.15, 0.2) is 58.3 Å². The highest BCUT2D eigenvalue weighted by Gasteiger charge is 2.20. The number of benzene rings is 2. The van der Waals surface area contributed by atoms with Gasteiger partial charge in [0, 0.05) is 0 Å². The zero-order valence-electron chi connectivity index (χ0n) is 13.6. The van der Waals surface area contributed by atoms with E-state index < -0.39 is 20.1 Å². The smallest absolute Gasteiger partial charge is 0.339 e. The Balaban J connectivity index is 2.32. The fraction of sp³-hybridized carbons (Fsp3) is 0.250. The minimum atomic E-state index is -4.16. The average Bonchev–Trinajstić information content (AvgIpc) is 2.46. The molecule has 8 heteroatoms. The molecule has 6 nitrogen and oxygen atoms in total. The normalized spacial score (nSPS) is 12.8. The SMILES string of the molecule is CC(C)(C)c1ccc(OS(=O)(=O)c2cccc(S(N)(=O)=O)c2)cc1. The van der Waals surface area contributed by atoms with Crippen molar-refractivity contribution >= 4 is 20.1 Å². The molecule has 0 amide bonds. The molecule has 0 saturated carbocycles. The maximum atomic E-state index is 12.3. The van der Waals surface area contributed by atoms with Crippen LogP contribution in [0, 0.1) is 0 Å². The Kier molecular flexibility index (Phi) is 4.76. The summed E-state index contributed by atoms with van der Waals surface area (Å²) in [6, 6.07) is 11.4. The van der Waals surface area contributed by atoms with Gasteiger partial charge in [-0.05, 0) is 41.3 Å². The van der Waals surface area contributed by atoms with Gasteiger partial charge in [0.1, 0.15) is 10.6 Å². The second kappa shape index (κ2) is 6.19. The quantitative estimate of drug-likeness (QED) is 0.834. The van der Waals surface area contributed by atoms with Crippen LogP contribution in [-0.2, 0) is 25.6 Å². The Bertz CT molecular complexity index is 941. The lowest BCUT2D eigenvalue weighted by atomic mass is 9.87. The van der Waals surface area contributed by atoms with Crippen LogP contribution in [0.3, 0.4) is 0 Å². The van der Waals surface area contributed by atoms with Crippen LogP contribution in [0.5, 0.6) is 5.75 Å². The molecule has 0 saturated heterocycles. The largest absolute Gasteiger partial charge is 0.379 e. The molecule has 0 spiro atoms. The Hall–Kier alpha value is -1.90. The predicted molar refractivity (Wildman–Crippen MR) is 90.8 cm³/mol. The van der Waals surface area contributed by atoms with E-state index in [0.29, 0.717) is 0 Å². The lowest BCUT2D eigenvalue weighted by Gasteiger charge is -2.19. The topological polar surface area (TPSA) is 104 Å². The predicted octanol–water partition coefficient (Wildman–Crippen LogP) is 2.40. The van der Waals surface area contributed by atoms with Crippen molar-refractivity contribution in [3.05, 3.63) is 54.1 Å². The van der Waals surface area contributed by atoms with Crippen LogP contribution >= 0.6 is 0 Å². The first-order valence-electron chi connectivity index (χ1n) is 7.07. The van der Waals surface area contributed by atoms with Gasteiger partial charge < -0.3 is 4.18 Å². The second-order valence-electron chi connectivity index (χ2n) is 6.33. The highest BCUT2D eigenvalue weighted by molar-refractivity contribution is 7.89. The van der Waals surface area contributed by atoms with Crippen LogP contribution < -0.4 is 9.32 Å². The molecule has 0 heterocycles. The van der Waals surface area contributed by atoms with Crippen LogP contribution in [0.25, 0.3) is 0 Å². The van der Waals surface area contributed by atoms with Crippen molar-refractivity contribution in [2.75, 3.05) is 0 Å². The van der Waals surface area contributed by atoms with Gasteiger partial charge in [-0.2, -0.15) is 8.42 Å². The summed E-state index contributed by atoms with van der Waals surface area (Å²) < 4.78 is 52.4. The van der Waals surface area contributed by atoms with E-state index in [1.807, 2.05) is 20.8 Å². The summed E-state index contributed by atoms with van der Waals surface area (Å²) in [6.07, 6.45) is 0. The van der Waals surface area contributed by atoms with Crippen molar-refractivity contribution in [2.24, 2.45) is 5.14 Å². The van der Waals surface area contributed by atoms with E-state index >= 15 is 0 Å². The van der Waals surface area contributed by atoms with E-state index in [9.17, 15) is 16.8 Å². The van der Waals surface area contributed by atoms with E-state index in [1.165, 1.54) is 18.2 Å². The first-order chi connectivity index (χ1) is 10.9. The Morgan fingerprint density at radius 2 is 1.42 bits per heavy atom.